The van der Waals surface area contributed by atoms with Crippen LogP contribution < -0.4 is 14.2 Å². The third kappa shape index (κ3) is 4.05. The summed E-state index contributed by atoms with van der Waals surface area (Å²) in [5, 5.41) is 0.566. The predicted molar refractivity (Wildman–Crippen MR) is 83.1 cm³/mol. The summed E-state index contributed by atoms with van der Waals surface area (Å²) in [6.07, 6.45) is 0. The van der Waals surface area contributed by atoms with Crippen LogP contribution in [-0.4, -0.2) is 20.3 Å². The Morgan fingerprint density at radius 3 is 2.25 bits per heavy atom. The first-order valence-corrected chi connectivity index (χ1v) is 7.21. The minimum atomic E-state index is 0.402. The Kier molecular flexibility index (Phi) is 5.56. The van der Waals surface area contributed by atoms with Gasteiger partial charge in [-0.25, -0.2) is 0 Å². The van der Waals surface area contributed by atoms with Gasteiger partial charge < -0.3 is 14.2 Å². The molecule has 0 radical (unpaired) electrons. The van der Waals surface area contributed by atoms with Gasteiger partial charge in [-0.05, 0) is 30.3 Å². The number of rotatable bonds is 6. The van der Waals surface area contributed by atoms with Gasteiger partial charge in [-0.15, -0.1) is 0 Å². The summed E-state index contributed by atoms with van der Waals surface area (Å²) < 4.78 is 17.3. The van der Waals surface area contributed by atoms with Gasteiger partial charge in [0.1, 0.15) is 19.0 Å². The lowest BCUT2D eigenvalue weighted by Crippen LogP contribution is -2.09. The summed E-state index contributed by atoms with van der Waals surface area (Å²) in [7, 11) is 1.61. The molecule has 0 heterocycles. The molecule has 0 amide bonds. The Hall–Kier alpha value is -1.39. The molecule has 0 fully saturated rings. The van der Waals surface area contributed by atoms with Crippen LogP contribution in [0.25, 0.3) is 0 Å². The molecule has 0 saturated carbocycles. The Morgan fingerprint density at radius 2 is 1.60 bits per heavy atom. The average molecular weight is 358 g/mol. The molecule has 0 N–H and O–H groups in total. The van der Waals surface area contributed by atoms with E-state index in [1.165, 1.54) is 0 Å². The van der Waals surface area contributed by atoms with Gasteiger partial charge in [-0.3, -0.25) is 0 Å². The largest absolute Gasteiger partial charge is 0.493 e. The van der Waals surface area contributed by atoms with Crippen LogP contribution in [0.3, 0.4) is 0 Å². The van der Waals surface area contributed by atoms with Crippen molar-refractivity contribution >= 4 is 27.5 Å². The molecule has 106 valence electrons. The number of hydrogen-bond donors (Lipinski definition) is 0. The van der Waals surface area contributed by atoms with Crippen molar-refractivity contribution in [2.24, 2.45) is 0 Å². The maximum Gasteiger partial charge on any atom is 0.161 e. The molecule has 2 aromatic carbocycles. The number of ether oxygens (including phenoxy) is 3. The zero-order valence-corrected chi connectivity index (χ0v) is 13.3. The van der Waals surface area contributed by atoms with E-state index in [1.54, 1.807) is 13.2 Å². The third-order valence-corrected chi connectivity index (χ3v) is 3.35. The number of benzene rings is 2. The molecule has 0 unspecified atom stereocenters. The van der Waals surface area contributed by atoms with Gasteiger partial charge in [0.25, 0.3) is 0 Å². The van der Waals surface area contributed by atoms with Crippen molar-refractivity contribution in [2.75, 3.05) is 20.3 Å². The van der Waals surface area contributed by atoms with Crippen molar-refractivity contribution in [3.8, 4) is 17.2 Å². The predicted octanol–water partition coefficient (Wildman–Crippen LogP) is 4.57. The summed E-state index contributed by atoms with van der Waals surface area (Å²) in [4.78, 5) is 0. The van der Waals surface area contributed by atoms with Gasteiger partial charge >= 0.3 is 0 Å². The van der Waals surface area contributed by atoms with Crippen LogP contribution in [0.1, 0.15) is 0 Å². The topological polar surface area (TPSA) is 27.7 Å². The molecule has 2 rings (SSSR count). The van der Waals surface area contributed by atoms with Gasteiger partial charge in [0, 0.05) is 4.47 Å². The summed E-state index contributed by atoms with van der Waals surface area (Å²) in [5.41, 5.74) is 0. The molecule has 0 aliphatic carbocycles. The van der Waals surface area contributed by atoms with E-state index in [9.17, 15) is 0 Å². The van der Waals surface area contributed by atoms with E-state index in [0.29, 0.717) is 35.5 Å². The third-order valence-electron chi connectivity index (χ3n) is 2.56. The number of hydrogen-bond acceptors (Lipinski definition) is 3. The first-order valence-electron chi connectivity index (χ1n) is 6.04. The van der Waals surface area contributed by atoms with Crippen LogP contribution >= 0.6 is 27.5 Å². The standard InChI is InChI=1S/C15H14BrClO3/c1-18-14-4-2-3-5-15(14)20-9-8-19-13-7-6-11(16)10-12(13)17/h2-7,10H,8-9H2,1H3. The SMILES string of the molecule is COc1ccccc1OCCOc1ccc(Br)cc1Cl. The van der Waals surface area contributed by atoms with E-state index >= 15 is 0 Å². The fourth-order valence-electron chi connectivity index (χ4n) is 1.63. The maximum absolute atomic E-state index is 6.06. The van der Waals surface area contributed by atoms with Gasteiger partial charge in [0.05, 0.1) is 12.1 Å². The van der Waals surface area contributed by atoms with E-state index in [4.69, 9.17) is 25.8 Å². The molecular formula is C15H14BrClO3. The molecule has 0 saturated heterocycles. The van der Waals surface area contributed by atoms with Crippen molar-refractivity contribution in [3.63, 3.8) is 0 Å². The van der Waals surface area contributed by atoms with Crippen LogP contribution in [0, 0.1) is 0 Å². The number of para-hydroxylation sites is 2. The summed E-state index contributed by atoms with van der Waals surface area (Å²) in [5.74, 6) is 2.04. The van der Waals surface area contributed by atoms with Crippen molar-refractivity contribution in [3.05, 3.63) is 52.0 Å². The second kappa shape index (κ2) is 7.41. The first kappa shape index (κ1) is 15.0. The van der Waals surface area contributed by atoms with E-state index in [-0.39, 0.29) is 0 Å². The lowest BCUT2D eigenvalue weighted by molar-refractivity contribution is 0.211. The van der Waals surface area contributed by atoms with E-state index in [2.05, 4.69) is 15.9 Å². The van der Waals surface area contributed by atoms with Gasteiger partial charge in [0.2, 0.25) is 0 Å². The summed E-state index contributed by atoms with van der Waals surface area (Å²) >= 11 is 9.40. The molecule has 0 aromatic heterocycles. The van der Waals surface area contributed by atoms with Crippen LogP contribution in [0.4, 0.5) is 0 Å². The quantitative estimate of drug-likeness (QED) is 0.709. The Labute approximate surface area is 131 Å². The van der Waals surface area contributed by atoms with E-state index in [0.717, 1.165) is 4.47 Å². The molecule has 3 nitrogen and oxygen atoms in total. The molecule has 0 spiro atoms. The molecular weight excluding hydrogens is 344 g/mol. The molecule has 0 aliphatic rings. The highest BCUT2D eigenvalue weighted by Crippen LogP contribution is 2.28. The molecule has 0 aliphatic heterocycles. The van der Waals surface area contributed by atoms with E-state index in [1.807, 2.05) is 36.4 Å². The van der Waals surface area contributed by atoms with Gasteiger partial charge in [-0.2, -0.15) is 0 Å². The van der Waals surface area contributed by atoms with E-state index < -0.39 is 0 Å². The maximum atomic E-state index is 6.06. The molecule has 0 atom stereocenters. The highest BCUT2D eigenvalue weighted by Gasteiger charge is 2.04. The van der Waals surface area contributed by atoms with Crippen molar-refractivity contribution in [1.82, 2.24) is 0 Å². The van der Waals surface area contributed by atoms with Crippen LogP contribution in [0.5, 0.6) is 17.2 Å². The highest BCUT2D eigenvalue weighted by molar-refractivity contribution is 9.10. The van der Waals surface area contributed by atoms with Gasteiger partial charge in [-0.1, -0.05) is 39.7 Å². The average Bonchev–Trinajstić information content (AvgIpc) is 2.46. The first-order chi connectivity index (χ1) is 9.70. The van der Waals surface area contributed by atoms with Crippen molar-refractivity contribution in [1.29, 1.82) is 0 Å². The van der Waals surface area contributed by atoms with Crippen LogP contribution in [0.2, 0.25) is 5.02 Å². The Bertz CT molecular complexity index is 575. The second-order valence-corrected chi connectivity index (χ2v) is 5.25. The molecule has 20 heavy (non-hydrogen) atoms. The normalized spacial score (nSPS) is 10.2. The smallest absolute Gasteiger partial charge is 0.161 e. The lowest BCUT2D eigenvalue weighted by Gasteiger charge is -2.11. The van der Waals surface area contributed by atoms with Crippen molar-refractivity contribution in [2.45, 2.75) is 0 Å². The zero-order chi connectivity index (χ0) is 14.4. The number of halogens is 2. The minimum Gasteiger partial charge on any atom is -0.493 e. The fraction of sp³-hybridized carbons (Fsp3) is 0.200. The monoisotopic (exact) mass is 356 g/mol. The van der Waals surface area contributed by atoms with Gasteiger partial charge in [0.15, 0.2) is 11.5 Å². The summed E-state index contributed by atoms with van der Waals surface area (Å²) in [6, 6.07) is 13.0. The molecule has 5 heteroatoms. The summed E-state index contributed by atoms with van der Waals surface area (Å²) in [6.45, 7) is 0.812. The highest BCUT2D eigenvalue weighted by atomic mass is 79.9. The van der Waals surface area contributed by atoms with Crippen molar-refractivity contribution < 1.29 is 14.2 Å². The Morgan fingerprint density at radius 1 is 0.950 bits per heavy atom. The van der Waals surface area contributed by atoms with Crippen LogP contribution in [0.15, 0.2) is 46.9 Å². The minimum absolute atomic E-state index is 0.402. The van der Waals surface area contributed by atoms with Crippen LogP contribution in [-0.2, 0) is 0 Å². The zero-order valence-electron chi connectivity index (χ0n) is 10.9. The second-order valence-electron chi connectivity index (χ2n) is 3.92. The molecule has 0 bridgehead atoms. The number of methoxy groups -OCH3 is 1. The fourth-order valence-corrected chi connectivity index (χ4v) is 2.36. The Balaban J connectivity index is 1.84. The lowest BCUT2D eigenvalue weighted by atomic mass is 10.3. The molecule has 2 aromatic rings.